The van der Waals surface area contributed by atoms with Gasteiger partial charge in [-0.25, -0.2) is 0 Å². The van der Waals surface area contributed by atoms with Crippen LogP contribution < -0.4 is 5.32 Å². The summed E-state index contributed by atoms with van der Waals surface area (Å²) in [5, 5.41) is 12.3. The van der Waals surface area contributed by atoms with Gasteiger partial charge in [0.1, 0.15) is 0 Å². The lowest BCUT2D eigenvalue weighted by molar-refractivity contribution is -0.136. The molecule has 0 radical (unpaired) electrons. The van der Waals surface area contributed by atoms with Gasteiger partial charge in [0.15, 0.2) is 0 Å². The summed E-state index contributed by atoms with van der Waals surface area (Å²) in [5.41, 5.74) is 0. The lowest BCUT2D eigenvalue weighted by Crippen LogP contribution is -2.49. The van der Waals surface area contributed by atoms with Crippen molar-refractivity contribution in [3.8, 4) is 0 Å². The third kappa shape index (κ3) is 4.34. The van der Waals surface area contributed by atoms with E-state index in [-0.39, 0.29) is 24.3 Å². The summed E-state index contributed by atoms with van der Waals surface area (Å²) in [6.45, 7) is 4.99. The minimum atomic E-state index is -0.445. The van der Waals surface area contributed by atoms with Crippen LogP contribution in [0.15, 0.2) is 0 Å². The Hall–Kier alpha value is -1.10. The molecular weight excluding hydrogens is 220 g/mol. The molecule has 1 fully saturated rings. The first kappa shape index (κ1) is 14.0. The molecule has 1 heterocycles. The second kappa shape index (κ2) is 6.59. The van der Waals surface area contributed by atoms with E-state index in [1.807, 2.05) is 13.8 Å². The maximum Gasteiger partial charge on any atom is 0.242 e. The van der Waals surface area contributed by atoms with E-state index in [9.17, 15) is 14.7 Å². The highest BCUT2D eigenvalue weighted by Gasteiger charge is 2.27. The molecule has 17 heavy (non-hydrogen) atoms. The number of hydrogen-bond donors (Lipinski definition) is 2. The fourth-order valence-electron chi connectivity index (χ4n) is 1.88. The molecule has 1 aliphatic heterocycles. The smallest absolute Gasteiger partial charge is 0.242 e. The SMILES string of the molecule is CCCC(=O)NCC(=O)N1CCC(C)C(O)C1. The van der Waals surface area contributed by atoms with Crippen molar-refractivity contribution in [1.82, 2.24) is 10.2 Å². The van der Waals surface area contributed by atoms with Crippen molar-refractivity contribution in [2.45, 2.75) is 39.2 Å². The molecule has 2 amide bonds. The van der Waals surface area contributed by atoms with E-state index in [4.69, 9.17) is 0 Å². The van der Waals surface area contributed by atoms with Crippen LogP contribution in [0.5, 0.6) is 0 Å². The van der Waals surface area contributed by atoms with Crippen LogP contribution in [0, 0.1) is 5.92 Å². The summed E-state index contributed by atoms with van der Waals surface area (Å²) in [5.74, 6) is 0.0425. The Morgan fingerprint density at radius 1 is 1.47 bits per heavy atom. The molecule has 98 valence electrons. The van der Waals surface area contributed by atoms with Crippen molar-refractivity contribution in [2.75, 3.05) is 19.6 Å². The highest BCUT2D eigenvalue weighted by molar-refractivity contribution is 5.84. The van der Waals surface area contributed by atoms with Gasteiger partial charge < -0.3 is 15.3 Å². The summed E-state index contributed by atoms with van der Waals surface area (Å²) in [7, 11) is 0. The van der Waals surface area contributed by atoms with E-state index in [2.05, 4.69) is 5.32 Å². The minimum Gasteiger partial charge on any atom is -0.391 e. The lowest BCUT2D eigenvalue weighted by atomic mass is 9.96. The van der Waals surface area contributed by atoms with Crippen LogP contribution in [-0.2, 0) is 9.59 Å². The molecule has 5 heteroatoms. The standard InChI is InChI=1S/C12H22N2O3/c1-3-4-11(16)13-7-12(17)14-6-5-9(2)10(15)8-14/h9-10,15H,3-8H2,1-2H3,(H,13,16). The third-order valence-electron chi connectivity index (χ3n) is 3.19. The number of likely N-dealkylation sites (tertiary alicyclic amines) is 1. The van der Waals surface area contributed by atoms with Gasteiger partial charge in [0.25, 0.3) is 0 Å². The van der Waals surface area contributed by atoms with Crippen molar-refractivity contribution in [3.05, 3.63) is 0 Å². The van der Waals surface area contributed by atoms with Crippen molar-refractivity contribution in [2.24, 2.45) is 5.92 Å². The van der Waals surface area contributed by atoms with Gasteiger partial charge in [-0.15, -0.1) is 0 Å². The van der Waals surface area contributed by atoms with E-state index in [0.717, 1.165) is 12.8 Å². The Bertz CT molecular complexity index is 281. The number of nitrogens with one attached hydrogen (secondary N) is 1. The van der Waals surface area contributed by atoms with Gasteiger partial charge in [0, 0.05) is 19.5 Å². The summed E-state index contributed by atoms with van der Waals surface area (Å²) in [6.07, 6.45) is 1.60. The second-order valence-corrected chi connectivity index (χ2v) is 4.70. The Labute approximate surface area is 102 Å². The molecule has 2 N–H and O–H groups in total. The van der Waals surface area contributed by atoms with Gasteiger partial charge in [-0.1, -0.05) is 13.8 Å². The highest BCUT2D eigenvalue weighted by Crippen LogP contribution is 2.16. The van der Waals surface area contributed by atoms with Gasteiger partial charge in [0.2, 0.25) is 11.8 Å². The molecule has 0 aromatic rings. The first-order valence-corrected chi connectivity index (χ1v) is 6.27. The molecule has 2 atom stereocenters. The van der Waals surface area contributed by atoms with Crippen LogP contribution in [0.1, 0.15) is 33.1 Å². The maximum atomic E-state index is 11.8. The summed E-state index contributed by atoms with van der Waals surface area (Å²) >= 11 is 0. The Morgan fingerprint density at radius 3 is 2.76 bits per heavy atom. The van der Waals surface area contributed by atoms with Gasteiger partial charge in [-0.3, -0.25) is 9.59 Å². The van der Waals surface area contributed by atoms with Gasteiger partial charge in [-0.05, 0) is 18.8 Å². The van der Waals surface area contributed by atoms with Crippen molar-refractivity contribution in [3.63, 3.8) is 0 Å². The molecule has 0 aromatic carbocycles. The molecule has 1 rings (SSSR count). The van der Waals surface area contributed by atoms with Crippen LogP contribution in [0.25, 0.3) is 0 Å². The zero-order chi connectivity index (χ0) is 12.8. The molecule has 1 aliphatic rings. The fraction of sp³-hybridized carbons (Fsp3) is 0.833. The number of piperidine rings is 1. The van der Waals surface area contributed by atoms with Gasteiger partial charge >= 0.3 is 0 Å². The minimum absolute atomic E-state index is 0.0416. The number of hydrogen-bond acceptors (Lipinski definition) is 3. The van der Waals surface area contributed by atoms with Crippen molar-refractivity contribution >= 4 is 11.8 Å². The number of carbonyl (C=O) groups excluding carboxylic acids is 2. The highest BCUT2D eigenvalue weighted by atomic mass is 16.3. The number of aliphatic hydroxyl groups excluding tert-OH is 1. The topological polar surface area (TPSA) is 69.6 Å². The van der Waals surface area contributed by atoms with Crippen molar-refractivity contribution in [1.29, 1.82) is 0 Å². The molecular formula is C12H22N2O3. The summed E-state index contributed by atoms with van der Waals surface area (Å²) in [6, 6.07) is 0. The number of β-amino-alcohol motifs (C(OH)–C–C–N with tert-alkyl or cyclic N) is 1. The molecule has 2 unspecified atom stereocenters. The Morgan fingerprint density at radius 2 is 2.18 bits per heavy atom. The van der Waals surface area contributed by atoms with Crippen molar-refractivity contribution < 1.29 is 14.7 Å². The van der Waals surface area contributed by atoms with Crippen LogP contribution in [-0.4, -0.2) is 47.6 Å². The molecule has 0 aliphatic carbocycles. The first-order chi connectivity index (χ1) is 8.04. The number of rotatable bonds is 4. The van der Waals surface area contributed by atoms with E-state index in [0.29, 0.717) is 19.5 Å². The first-order valence-electron chi connectivity index (χ1n) is 6.27. The molecule has 5 nitrogen and oxygen atoms in total. The van der Waals surface area contributed by atoms with E-state index < -0.39 is 6.10 Å². The van der Waals surface area contributed by atoms with E-state index >= 15 is 0 Å². The molecule has 0 bridgehead atoms. The fourth-order valence-corrected chi connectivity index (χ4v) is 1.88. The zero-order valence-electron chi connectivity index (χ0n) is 10.6. The molecule has 1 saturated heterocycles. The predicted molar refractivity (Wildman–Crippen MR) is 64.3 cm³/mol. The van der Waals surface area contributed by atoms with E-state index in [1.165, 1.54) is 0 Å². The normalized spacial score (nSPS) is 24.5. The largest absolute Gasteiger partial charge is 0.391 e. The molecule has 0 aromatic heterocycles. The molecule has 0 saturated carbocycles. The Kier molecular flexibility index (Phi) is 5.41. The van der Waals surface area contributed by atoms with Crippen LogP contribution in [0.3, 0.4) is 0 Å². The van der Waals surface area contributed by atoms with Crippen LogP contribution >= 0.6 is 0 Å². The van der Waals surface area contributed by atoms with Crippen LogP contribution in [0.2, 0.25) is 0 Å². The van der Waals surface area contributed by atoms with E-state index in [1.54, 1.807) is 4.90 Å². The number of nitrogens with zero attached hydrogens (tertiary/aromatic N) is 1. The zero-order valence-corrected chi connectivity index (χ0v) is 10.6. The molecule has 0 spiro atoms. The monoisotopic (exact) mass is 242 g/mol. The third-order valence-corrected chi connectivity index (χ3v) is 3.19. The van der Waals surface area contributed by atoms with Gasteiger partial charge in [-0.2, -0.15) is 0 Å². The van der Waals surface area contributed by atoms with Crippen LogP contribution in [0.4, 0.5) is 0 Å². The number of carbonyl (C=O) groups is 2. The summed E-state index contributed by atoms with van der Waals surface area (Å²) < 4.78 is 0. The quantitative estimate of drug-likeness (QED) is 0.736. The summed E-state index contributed by atoms with van der Waals surface area (Å²) in [4.78, 5) is 24.6. The predicted octanol–water partition coefficient (Wildman–Crippen LogP) is 0.132. The lowest BCUT2D eigenvalue weighted by Gasteiger charge is -2.34. The number of amides is 2. The average Bonchev–Trinajstić information content (AvgIpc) is 2.30. The average molecular weight is 242 g/mol. The second-order valence-electron chi connectivity index (χ2n) is 4.70. The maximum absolute atomic E-state index is 11.8. The Balaban J connectivity index is 2.31. The number of aliphatic hydroxyl groups is 1. The van der Waals surface area contributed by atoms with Gasteiger partial charge in [0.05, 0.1) is 12.6 Å².